The molecule has 0 radical (unpaired) electrons. The molecule has 0 aliphatic heterocycles. The van der Waals surface area contributed by atoms with Gasteiger partial charge < -0.3 is 10.6 Å². The Morgan fingerprint density at radius 1 is 1.00 bits per heavy atom. The molecule has 2 aromatic carbocycles. The molecule has 2 aromatic rings. The van der Waals surface area contributed by atoms with Crippen molar-refractivity contribution in [2.24, 2.45) is 0 Å². The SMILES string of the molecule is CCN(CC)c1ccc(N)cc1C.Cc1ccc(S(=O)(=O)O)cc1. The summed E-state index contributed by atoms with van der Waals surface area (Å²) in [4.78, 5) is 2.26. The maximum absolute atomic E-state index is 10.5. The normalized spacial score (nSPS) is 10.7. The molecule has 3 N–H and O–H groups in total. The Hall–Kier alpha value is -2.05. The van der Waals surface area contributed by atoms with Gasteiger partial charge in [0.2, 0.25) is 0 Å². The number of hydrogen-bond donors (Lipinski definition) is 2. The third-order valence-corrected chi connectivity index (χ3v) is 4.51. The lowest BCUT2D eigenvalue weighted by molar-refractivity contribution is 0.483. The van der Waals surface area contributed by atoms with Crippen LogP contribution < -0.4 is 10.6 Å². The molecule has 24 heavy (non-hydrogen) atoms. The summed E-state index contributed by atoms with van der Waals surface area (Å²) in [5, 5.41) is 0. The van der Waals surface area contributed by atoms with Crippen molar-refractivity contribution >= 4 is 21.5 Å². The number of aryl methyl sites for hydroxylation is 2. The summed E-state index contributed by atoms with van der Waals surface area (Å²) in [7, 11) is -4.02. The quantitative estimate of drug-likeness (QED) is 0.649. The van der Waals surface area contributed by atoms with Crippen LogP contribution in [0.25, 0.3) is 0 Å². The summed E-state index contributed by atoms with van der Waals surface area (Å²) in [6, 6.07) is 12.1. The number of rotatable bonds is 4. The highest BCUT2D eigenvalue weighted by Gasteiger charge is 2.07. The maximum atomic E-state index is 10.5. The fraction of sp³-hybridized carbons (Fsp3) is 0.333. The van der Waals surface area contributed by atoms with Gasteiger partial charge in [-0.1, -0.05) is 17.7 Å². The molecular formula is C18H26N2O3S. The van der Waals surface area contributed by atoms with Crippen LogP contribution in [-0.2, 0) is 10.1 Å². The van der Waals surface area contributed by atoms with Gasteiger partial charge in [-0.2, -0.15) is 8.42 Å². The highest BCUT2D eigenvalue weighted by atomic mass is 32.2. The molecule has 0 fully saturated rings. The fourth-order valence-electron chi connectivity index (χ4n) is 2.31. The Kier molecular flexibility index (Phi) is 7.25. The predicted molar refractivity (Wildman–Crippen MR) is 100 cm³/mol. The zero-order valence-electron chi connectivity index (χ0n) is 14.7. The van der Waals surface area contributed by atoms with E-state index in [1.54, 1.807) is 12.1 Å². The van der Waals surface area contributed by atoms with E-state index in [0.717, 1.165) is 24.3 Å². The van der Waals surface area contributed by atoms with Crippen molar-refractivity contribution in [3.05, 3.63) is 53.6 Å². The Morgan fingerprint density at radius 3 is 1.96 bits per heavy atom. The Bertz CT molecular complexity index is 752. The third-order valence-electron chi connectivity index (χ3n) is 3.64. The Morgan fingerprint density at radius 2 is 1.54 bits per heavy atom. The van der Waals surface area contributed by atoms with Crippen LogP contribution in [0.5, 0.6) is 0 Å². The maximum Gasteiger partial charge on any atom is 0.294 e. The molecule has 0 aliphatic rings. The van der Waals surface area contributed by atoms with E-state index in [9.17, 15) is 8.42 Å². The summed E-state index contributed by atoms with van der Waals surface area (Å²) >= 11 is 0. The van der Waals surface area contributed by atoms with E-state index in [4.69, 9.17) is 10.3 Å². The molecule has 0 unspecified atom stereocenters. The van der Waals surface area contributed by atoms with Gasteiger partial charge in [0.25, 0.3) is 10.1 Å². The van der Waals surface area contributed by atoms with Crippen molar-refractivity contribution in [1.82, 2.24) is 0 Å². The van der Waals surface area contributed by atoms with E-state index in [1.807, 2.05) is 19.1 Å². The first-order chi connectivity index (χ1) is 11.2. The molecule has 0 spiro atoms. The Labute approximate surface area is 144 Å². The summed E-state index contributed by atoms with van der Waals surface area (Å²) < 4.78 is 29.6. The molecule has 0 aliphatic carbocycles. The molecule has 0 amide bonds. The second-order valence-corrected chi connectivity index (χ2v) is 6.93. The van der Waals surface area contributed by atoms with Gasteiger partial charge in [-0.3, -0.25) is 4.55 Å². The molecule has 6 heteroatoms. The lowest BCUT2D eigenvalue weighted by Gasteiger charge is -2.23. The zero-order chi connectivity index (χ0) is 18.3. The number of anilines is 2. The van der Waals surface area contributed by atoms with E-state index < -0.39 is 10.1 Å². The molecule has 2 rings (SSSR count). The highest BCUT2D eigenvalue weighted by Crippen LogP contribution is 2.21. The van der Waals surface area contributed by atoms with Crippen molar-refractivity contribution < 1.29 is 13.0 Å². The van der Waals surface area contributed by atoms with Crippen LogP contribution >= 0.6 is 0 Å². The predicted octanol–water partition coefficient (Wildman–Crippen LogP) is 3.67. The van der Waals surface area contributed by atoms with E-state index >= 15 is 0 Å². The van der Waals surface area contributed by atoms with Gasteiger partial charge >= 0.3 is 0 Å². The topological polar surface area (TPSA) is 83.6 Å². The van der Waals surface area contributed by atoms with Crippen molar-refractivity contribution in [3.63, 3.8) is 0 Å². The lowest BCUT2D eigenvalue weighted by atomic mass is 10.1. The molecule has 0 atom stereocenters. The first-order valence-corrected chi connectivity index (χ1v) is 9.28. The summed E-state index contributed by atoms with van der Waals surface area (Å²) in [5.41, 5.74) is 10.0. The van der Waals surface area contributed by atoms with E-state index in [-0.39, 0.29) is 4.90 Å². The number of hydrogen-bond acceptors (Lipinski definition) is 4. The van der Waals surface area contributed by atoms with Crippen LogP contribution in [0.3, 0.4) is 0 Å². The monoisotopic (exact) mass is 350 g/mol. The van der Waals surface area contributed by atoms with Gasteiger partial charge in [0, 0.05) is 24.5 Å². The summed E-state index contributed by atoms with van der Waals surface area (Å²) in [6.45, 7) is 10.4. The van der Waals surface area contributed by atoms with Crippen LogP contribution in [0.15, 0.2) is 47.4 Å². The standard InChI is InChI=1S/C11H18N2.C7H8O3S/c1-4-13(5-2)11-7-6-10(12)8-9(11)3;1-6-2-4-7(5-3-6)11(8,9)10/h6-8H,4-5,12H2,1-3H3;2-5H,1H3,(H,8,9,10). The highest BCUT2D eigenvalue weighted by molar-refractivity contribution is 7.85. The molecule has 0 bridgehead atoms. The molecule has 0 aromatic heterocycles. The van der Waals surface area contributed by atoms with Crippen molar-refractivity contribution in [1.29, 1.82) is 0 Å². The molecule has 132 valence electrons. The Balaban J connectivity index is 0.000000243. The van der Waals surface area contributed by atoms with Crippen molar-refractivity contribution in [3.8, 4) is 0 Å². The summed E-state index contributed by atoms with van der Waals surface area (Å²) in [5.74, 6) is 0. The number of benzene rings is 2. The first kappa shape index (κ1) is 20.0. The second kappa shape index (κ2) is 8.70. The van der Waals surface area contributed by atoms with Gasteiger partial charge in [0.1, 0.15) is 0 Å². The number of nitrogens with two attached hydrogens (primary N) is 1. The summed E-state index contributed by atoms with van der Waals surface area (Å²) in [6.07, 6.45) is 0. The van der Waals surface area contributed by atoms with Gasteiger partial charge in [0.05, 0.1) is 4.90 Å². The molecule has 0 saturated heterocycles. The second-order valence-electron chi connectivity index (χ2n) is 5.51. The molecule has 0 saturated carbocycles. The van der Waals surface area contributed by atoms with Crippen molar-refractivity contribution in [2.75, 3.05) is 23.7 Å². The van der Waals surface area contributed by atoms with E-state index in [2.05, 4.69) is 31.7 Å². The lowest BCUT2D eigenvalue weighted by Crippen LogP contribution is -2.22. The average molecular weight is 350 g/mol. The van der Waals surface area contributed by atoms with Gasteiger partial charge in [-0.05, 0) is 63.6 Å². The van der Waals surface area contributed by atoms with Gasteiger partial charge in [-0.25, -0.2) is 0 Å². The van der Waals surface area contributed by atoms with Crippen molar-refractivity contribution in [2.45, 2.75) is 32.6 Å². The number of nitrogens with zero attached hydrogens (tertiary/aromatic N) is 1. The van der Waals surface area contributed by atoms with Crippen LogP contribution in [0.2, 0.25) is 0 Å². The van der Waals surface area contributed by atoms with E-state index in [1.165, 1.54) is 23.4 Å². The third kappa shape index (κ3) is 5.86. The fourth-order valence-corrected chi connectivity index (χ4v) is 2.79. The average Bonchev–Trinajstić information content (AvgIpc) is 2.50. The van der Waals surface area contributed by atoms with Gasteiger partial charge in [-0.15, -0.1) is 0 Å². The van der Waals surface area contributed by atoms with Crippen LogP contribution in [-0.4, -0.2) is 26.1 Å². The van der Waals surface area contributed by atoms with Gasteiger partial charge in [0.15, 0.2) is 0 Å². The van der Waals surface area contributed by atoms with Crippen LogP contribution in [0.4, 0.5) is 11.4 Å². The molecular weight excluding hydrogens is 324 g/mol. The minimum absolute atomic E-state index is 0.0666. The molecule has 0 heterocycles. The first-order valence-electron chi connectivity index (χ1n) is 7.84. The van der Waals surface area contributed by atoms with Crippen LogP contribution in [0.1, 0.15) is 25.0 Å². The number of nitrogen functional groups attached to an aromatic ring is 1. The minimum Gasteiger partial charge on any atom is -0.399 e. The zero-order valence-corrected chi connectivity index (χ0v) is 15.5. The van der Waals surface area contributed by atoms with E-state index in [0.29, 0.717) is 0 Å². The molecule has 5 nitrogen and oxygen atoms in total. The van der Waals surface area contributed by atoms with Crippen LogP contribution in [0, 0.1) is 13.8 Å². The minimum atomic E-state index is -4.02. The largest absolute Gasteiger partial charge is 0.399 e. The smallest absolute Gasteiger partial charge is 0.294 e.